The summed E-state index contributed by atoms with van der Waals surface area (Å²) in [6, 6.07) is 6.30. The molecule has 202 valence electrons. The molecule has 8 nitrogen and oxygen atoms in total. The van der Waals surface area contributed by atoms with E-state index in [0.717, 1.165) is 37.6 Å². The van der Waals surface area contributed by atoms with Crippen molar-refractivity contribution in [2.75, 3.05) is 45.2 Å². The van der Waals surface area contributed by atoms with Gasteiger partial charge in [0.05, 0.1) is 6.20 Å². The Hall–Kier alpha value is -2.55. The normalized spacial score (nSPS) is 17.9. The maximum atomic E-state index is 10.7. The van der Waals surface area contributed by atoms with E-state index in [1.807, 2.05) is 45.9 Å². The third-order valence-corrected chi connectivity index (χ3v) is 5.88. The first-order valence-corrected chi connectivity index (χ1v) is 13.4. The van der Waals surface area contributed by atoms with E-state index in [-0.39, 0.29) is 12.0 Å². The van der Waals surface area contributed by atoms with Crippen LogP contribution in [0, 0.1) is 5.41 Å². The molecule has 0 saturated carbocycles. The van der Waals surface area contributed by atoms with Gasteiger partial charge in [-0.1, -0.05) is 33.8 Å². The first-order valence-electron chi connectivity index (χ1n) is 13.4. The van der Waals surface area contributed by atoms with Crippen LogP contribution in [-0.4, -0.2) is 79.4 Å². The number of piperazine rings is 1. The van der Waals surface area contributed by atoms with Gasteiger partial charge in [0.2, 0.25) is 5.89 Å². The summed E-state index contributed by atoms with van der Waals surface area (Å²) in [5.41, 5.74) is 2.13. The number of aromatic nitrogens is 1. The number of benzene rings is 1. The van der Waals surface area contributed by atoms with Crippen LogP contribution in [-0.2, 0) is 4.74 Å². The van der Waals surface area contributed by atoms with Crippen LogP contribution in [0.3, 0.4) is 0 Å². The third-order valence-electron chi connectivity index (χ3n) is 5.88. The molecule has 1 atom stereocenters. The molecule has 3 heterocycles. The predicted molar refractivity (Wildman–Crippen MR) is 149 cm³/mol. The Bertz CT molecular complexity index is 870. The zero-order valence-corrected chi connectivity index (χ0v) is 23.3. The molecule has 0 amide bonds. The molecule has 4 rings (SSSR count). The number of aldehydes is 1. The highest BCUT2D eigenvalue weighted by Crippen LogP contribution is 2.29. The number of carbonyl (C=O) groups is 1. The quantitative estimate of drug-likeness (QED) is 0.382. The maximum absolute atomic E-state index is 10.7. The van der Waals surface area contributed by atoms with Gasteiger partial charge >= 0.3 is 0 Å². The summed E-state index contributed by atoms with van der Waals surface area (Å²) in [6.07, 6.45) is 6.35. The standard InChI is InChI=1S/C16H17N3O3.C8H18N2.2C2H6/c17-8-13-12(16-18-9-11(10-20)22-16)4-3-5-14(13)19-15-6-1-2-7-21-15;1-8(2)10-6-4-9(3)5-7-10;2*1-2/h3-5,8-10,15,17,19H,1-2,6-7H2;8H,4-7H2,1-3H3;2*1-2H3. The highest BCUT2D eigenvalue weighted by Gasteiger charge is 2.18. The first kappa shape index (κ1) is 31.5. The minimum Gasteiger partial charge on any atom is -0.433 e. The average Bonchev–Trinajstić information content (AvgIpc) is 3.41. The number of nitrogens with one attached hydrogen (secondary N) is 2. The van der Waals surface area contributed by atoms with E-state index < -0.39 is 0 Å². The number of hydrogen-bond donors (Lipinski definition) is 2. The molecule has 2 aromatic rings. The molecule has 36 heavy (non-hydrogen) atoms. The fraction of sp³-hybridized carbons (Fsp3) is 0.607. The summed E-state index contributed by atoms with van der Waals surface area (Å²) in [6.45, 7) is 18.2. The zero-order valence-electron chi connectivity index (χ0n) is 23.3. The second-order valence-electron chi connectivity index (χ2n) is 8.53. The number of ether oxygens (including phenoxy) is 1. The van der Waals surface area contributed by atoms with Gasteiger partial charge in [0.1, 0.15) is 6.23 Å². The summed E-state index contributed by atoms with van der Waals surface area (Å²) in [4.78, 5) is 19.7. The molecule has 8 heteroatoms. The van der Waals surface area contributed by atoms with Crippen LogP contribution >= 0.6 is 0 Å². The number of hydrogen-bond acceptors (Lipinski definition) is 8. The number of likely N-dealkylation sites (N-methyl/N-ethyl adjacent to an activating group) is 1. The van der Waals surface area contributed by atoms with Crippen LogP contribution in [0.15, 0.2) is 28.8 Å². The Kier molecular flexibility index (Phi) is 15.6. The molecule has 0 spiro atoms. The Labute approximate surface area is 217 Å². The molecule has 2 saturated heterocycles. The maximum Gasteiger partial charge on any atom is 0.227 e. The van der Waals surface area contributed by atoms with Gasteiger partial charge in [-0.05, 0) is 52.3 Å². The number of rotatable bonds is 6. The Morgan fingerprint density at radius 2 is 1.81 bits per heavy atom. The van der Waals surface area contributed by atoms with Crippen LogP contribution < -0.4 is 5.32 Å². The second-order valence-corrected chi connectivity index (χ2v) is 8.53. The van der Waals surface area contributed by atoms with Gasteiger partial charge in [0.15, 0.2) is 12.0 Å². The smallest absolute Gasteiger partial charge is 0.227 e. The van der Waals surface area contributed by atoms with E-state index in [4.69, 9.17) is 14.6 Å². The summed E-state index contributed by atoms with van der Waals surface area (Å²) in [7, 11) is 2.19. The SMILES string of the molecule is CC.CC.CC(C)N1CCN(C)CC1.N=Cc1c(NC2CCCCO2)cccc1-c1ncc(C=O)o1. The predicted octanol–water partition coefficient (Wildman–Crippen LogP) is 5.78. The van der Waals surface area contributed by atoms with Crippen LogP contribution in [0.5, 0.6) is 0 Å². The van der Waals surface area contributed by atoms with Gasteiger partial charge < -0.3 is 24.8 Å². The molecular formula is C28H47N5O3. The van der Waals surface area contributed by atoms with Crippen molar-refractivity contribution in [3.63, 3.8) is 0 Å². The van der Waals surface area contributed by atoms with Crippen LogP contribution in [0.25, 0.3) is 11.5 Å². The number of carbonyl (C=O) groups excluding carboxylic acids is 1. The van der Waals surface area contributed by atoms with Gasteiger partial charge in [-0.2, -0.15) is 0 Å². The number of nitrogens with zero attached hydrogens (tertiary/aromatic N) is 3. The van der Waals surface area contributed by atoms with Crippen molar-refractivity contribution in [2.45, 2.75) is 73.1 Å². The van der Waals surface area contributed by atoms with Crippen molar-refractivity contribution in [3.8, 4) is 11.5 Å². The Morgan fingerprint density at radius 3 is 2.33 bits per heavy atom. The van der Waals surface area contributed by atoms with E-state index >= 15 is 0 Å². The first-order chi connectivity index (χ1) is 17.5. The van der Waals surface area contributed by atoms with E-state index in [1.54, 1.807) is 0 Å². The lowest BCUT2D eigenvalue weighted by Gasteiger charge is -2.34. The topological polar surface area (TPSA) is 94.7 Å². The molecule has 2 aliphatic rings. The van der Waals surface area contributed by atoms with E-state index in [2.05, 4.69) is 41.0 Å². The fourth-order valence-electron chi connectivity index (χ4n) is 3.86. The lowest BCUT2D eigenvalue weighted by atomic mass is 10.1. The summed E-state index contributed by atoms with van der Waals surface area (Å²) < 4.78 is 11.0. The highest BCUT2D eigenvalue weighted by atomic mass is 16.5. The fourth-order valence-corrected chi connectivity index (χ4v) is 3.86. The highest BCUT2D eigenvalue weighted by molar-refractivity contribution is 5.94. The third kappa shape index (κ3) is 9.84. The Balaban J connectivity index is 0.000000388. The zero-order chi connectivity index (χ0) is 26.9. The Morgan fingerprint density at radius 1 is 1.11 bits per heavy atom. The molecule has 2 aliphatic heterocycles. The largest absolute Gasteiger partial charge is 0.433 e. The molecule has 1 unspecified atom stereocenters. The van der Waals surface area contributed by atoms with Crippen molar-refractivity contribution in [3.05, 3.63) is 35.7 Å². The molecule has 1 aromatic heterocycles. The summed E-state index contributed by atoms with van der Waals surface area (Å²) in [5, 5.41) is 11.0. The average molecular weight is 502 g/mol. The van der Waals surface area contributed by atoms with Crippen LogP contribution in [0.1, 0.15) is 76.9 Å². The molecule has 2 fully saturated rings. The molecular weight excluding hydrogens is 454 g/mol. The second kappa shape index (κ2) is 17.8. The van der Waals surface area contributed by atoms with Crippen molar-refractivity contribution >= 4 is 18.2 Å². The molecule has 0 aliphatic carbocycles. The molecule has 0 bridgehead atoms. The lowest BCUT2D eigenvalue weighted by molar-refractivity contribution is 0.0343. The minimum absolute atomic E-state index is 0.0437. The molecule has 0 radical (unpaired) electrons. The van der Waals surface area contributed by atoms with Gasteiger partial charge in [-0.25, -0.2) is 4.98 Å². The number of anilines is 1. The van der Waals surface area contributed by atoms with Gasteiger partial charge in [-0.15, -0.1) is 0 Å². The number of oxazole rings is 1. The lowest BCUT2D eigenvalue weighted by Crippen LogP contribution is -2.47. The van der Waals surface area contributed by atoms with Crippen molar-refractivity contribution in [1.82, 2.24) is 14.8 Å². The monoisotopic (exact) mass is 501 g/mol. The summed E-state index contributed by atoms with van der Waals surface area (Å²) >= 11 is 0. The molecule has 1 aromatic carbocycles. The van der Waals surface area contributed by atoms with Crippen LogP contribution in [0.2, 0.25) is 0 Å². The van der Waals surface area contributed by atoms with E-state index in [9.17, 15) is 4.79 Å². The van der Waals surface area contributed by atoms with E-state index in [0.29, 0.717) is 23.3 Å². The van der Waals surface area contributed by atoms with Crippen molar-refractivity contribution in [1.29, 1.82) is 5.41 Å². The van der Waals surface area contributed by atoms with Gasteiger partial charge in [-0.3, -0.25) is 9.69 Å². The van der Waals surface area contributed by atoms with Crippen molar-refractivity contribution < 1.29 is 13.9 Å². The minimum atomic E-state index is -0.0437. The van der Waals surface area contributed by atoms with Crippen molar-refractivity contribution in [2.24, 2.45) is 0 Å². The van der Waals surface area contributed by atoms with Gasteiger partial charge in [0.25, 0.3) is 0 Å². The van der Waals surface area contributed by atoms with E-state index in [1.165, 1.54) is 38.6 Å². The summed E-state index contributed by atoms with van der Waals surface area (Å²) in [5.74, 6) is 0.494. The van der Waals surface area contributed by atoms with Gasteiger partial charge in [0, 0.05) is 61.9 Å². The van der Waals surface area contributed by atoms with Crippen LogP contribution in [0.4, 0.5) is 5.69 Å². The molecule has 2 N–H and O–H groups in total.